The molecule has 1 aliphatic heterocycles. The highest BCUT2D eigenvalue weighted by Gasteiger charge is 2.13. The van der Waals surface area contributed by atoms with E-state index in [-0.39, 0.29) is 6.54 Å². The lowest BCUT2D eigenvalue weighted by Gasteiger charge is -2.06. The molecule has 0 amide bonds. The number of nitrogens with zero attached hydrogens (tertiary/aromatic N) is 3. The van der Waals surface area contributed by atoms with Gasteiger partial charge in [-0.25, -0.2) is 5.84 Å². The van der Waals surface area contributed by atoms with Gasteiger partial charge in [-0.1, -0.05) is 5.22 Å². The van der Waals surface area contributed by atoms with Crippen LogP contribution in [0.2, 0.25) is 0 Å². The summed E-state index contributed by atoms with van der Waals surface area (Å²) in [5, 5.41) is 16.3. The van der Waals surface area contributed by atoms with Gasteiger partial charge in [0.25, 0.3) is 0 Å². The molecule has 0 aliphatic carbocycles. The standard InChI is InChI=1S/C2H6N4O/c3-6-2(7)1-4-5-6/h2,7H,1,3H2. The predicted octanol–water partition coefficient (Wildman–Crippen LogP) is -1.14. The third kappa shape index (κ3) is 0.675. The highest BCUT2D eigenvalue weighted by molar-refractivity contribution is 4.55. The molecule has 0 bridgehead atoms. The Hall–Kier alpha value is -0.680. The smallest absolute Gasteiger partial charge is 0.181 e. The van der Waals surface area contributed by atoms with Crippen molar-refractivity contribution in [2.24, 2.45) is 16.2 Å². The molecule has 5 heteroatoms. The van der Waals surface area contributed by atoms with E-state index in [1.54, 1.807) is 0 Å². The molecule has 0 saturated carbocycles. The Morgan fingerprint density at radius 3 is 2.71 bits per heavy atom. The van der Waals surface area contributed by atoms with Crippen molar-refractivity contribution in [1.29, 1.82) is 0 Å². The third-order valence-corrected chi connectivity index (χ3v) is 0.717. The van der Waals surface area contributed by atoms with Crippen LogP contribution in [-0.4, -0.2) is 23.0 Å². The SMILES string of the molecule is NN1N=NCC1O. The molecule has 1 heterocycles. The number of hydrazine groups is 1. The van der Waals surface area contributed by atoms with Crippen LogP contribution in [0.3, 0.4) is 0 Å². The van der Waals surface area contributed by atoms with Gasteiger partial charge in [-0.15, -0.1) is 0 Å². The molecule has 0 radical (unpaired) electrons. The molecule has 40 valence electrons. The van der Waals surface area contributed by atoms with Crippen LogP contribution in [0.5, 0.6) is 0 Å². The molecule has 5 nitrogen and oxygen atoms in total. The first kappa shape index (κ1) is 4.48. The number of hydrogen-bond donors (Lipinski definition) is 2. The second-order valence-electron chi connectivity index (χ2n) is 1.27. The summed E-state index contributed by atoms with van der Waals surface area (Å²) >= 11 is 0. The van der Waals surface area contributed by atoms with Crippen LogP contribution in [-0.2, 0) is 0 Å². The van der Waals surface area contributed by atoms with E-state index in [0.717, 1.165) is 5.12 Å². The van der Waals surface area contributed by atoms with E-state index in [4.69, 9.17) is 10.9 Å². The van der Waals surface area contributed by atoms with E-state index in [0.29, 0.717) is 0 Å². The van der Waals surface area contributed by atoms with Gasteiger partial charge in [0.15, 0.2) is 6.23 Å². The van der Waals surface area contributed by atoms with E-state index in [1.165, 1.54) is 0 Å². The average molecular weight is 102 g/mol. The molecule has 0 aromatic rings. The van der Waals surface area contributed by atoms with Crippen molar-refractivity contribution in [3.05, 3.63) is 0 Å². The normalized spacial score (nSPS) is 29.4. The maximum atomic E-state index is 8.61. The van der Waals surface area contributed by atoms with Gasteiger partial charge in [0.2, 0.25) is 0 Å². The van der Waals surface area contributed by atoms with Crippen molar-refractivity contribution < 1.29 is 5.11 Å². The van der Waals surface area contributed by atoms with Crippen LogP contribution in [0, 0.1) is 0 Å². The molecule has 0 fully saturated rings. The zero-order valence-corrected chi connectivity index (χ0v) is 3.65. The lowest BCUT2D eigenvalue weighted by Crippen LogP contribution is -2.33. The van der Waals surface area contributed by atoms with E-state index < -0.39 is 6.23 Å². The first-order valence-electron chi connectivity index (χ1n) is 1.90. The quantitative estimate of drug-likeness (QED) is 0.380. The lowest BCUT2D eigenvalue weighted by atomic mass is 10.6. The molecule has 1 atom stereocenters. The summed E-state index contributed by atoms with van der Waals surface area (Å²) in [5.41, 5.74) is 0. The number of hydrogen-bond acceptors (Lipinski definition) is 5. The zero-order valence-electron chi connectivity index (χ0n) is 3.65. The second-order valence-corrected chi connectivity index (χ2v) is 1.27. The first-order chi connectivity index (χ1) is 3.30. The molecule has 0 saturated heterocycles. The van der Waals surface area contributed by atoms with Gasteiger partial charge in [0.1, 0.15) is 6.54 Å². The van der Waals surface area contributed by atoms with Crippen LogP contribution in [0.25, 0.3) is 0 Å². The Bertz CT molecular complexity index is 91.7. The van der Waals surface area contributed by atoms with Crippen molar-refractivity contribution in [2.45, 2.75) is 6.23 Å². The van der Waals surface area contributed by atoms with Crippen LogP contribution in [0.1, 0.15) is 0 Å². The van der Waals surface area contributed by atoms with Crippen LogP contribution >= 0.6 is 0 Å². The van der Waals surface area contributed by atoms with Crippen molar-refractivity contribution in [2.75, 3.05) is 6.54 Å². The maximum Gasteiger partial charge on any atom is 0.181 e. The molecular weight excluding hydrogens is 96.0 g/mol. The topological polar surface area (TPSA) is 74.2 Å². The Morgan fingerprint density at radius 1 is 1.86 bits per heavy atom. The molecule has 7 heavy (non-hydrogen) atoms. The number of nitrogens with two attached hydrogens (primary N) is 1. The third-order valence-electron chi connectivity index (χ3n) is 0.717. The molecular formula is C2H6N4O. The largest absolute Gasteiger partial charge is 0.369 e. The zero-order chi connectivity index (χ0) is 5.28. The van der Waals surface area contributed by atoms with Gasteiger partial charge >= 0.3 is 0 Å². The minimum atomic E-state index is -0.708. The minimum absolute atomic E-state index is 0.288. The molecule has 1 aliphatic rings. The summed E-state index contributed by atoms with van der Waals surface area (Å²) < 4.78 is 0. The van der Waals surface area contributed by atoms with E-state index in [2.05, 4.69) is 10.3 Å². The molecule has 0 spiro atoms. The fraction of sp³-hybridized carbons (Fsp3) is 1.00. The predicted molar refractivity (Wildman–Crippen MR) is 21.8 cm³/mol. The summed E-state index contributed by atoms with van der Waals surface area (Å²) in [6.45, 7) is 0.288. The van der Waals surface area contributed by atoms with Crippen LogP contribution in [0.15, 0.2) is 10.3 Å². The molecule has 3 N–H and O–H groups in total. The fourth-order valence-corrected chi connectivity index (χ4v) is 0.326. The number of rotatable bonds is 0. The number of aliphatic hydroxyl groups is 1. The van der Waals surface area contributed by atoms with Gasteiger partial charge in [-0.05, 0) is 0 Å². The molecule has 1 unspecified atom stereocenters. The summed E-state index contributed by atoms with van der Waals surface area (Å²) in [6.07, 6.45) is -0.708. The number of aliphatic hydroxyl groups excluding tert-OH is 1. The average Bonchev–Trinajstić information content (AvgIpc) is 1.91. The summed E-state index contributed by atoms with van der Waals surface area (Å²) in [7, 11) is 0. The Morgan fingerprint density at radius 2 is 2.57 bits per heavy atom. The Balaban J connectivity index is 2.45. The van der Waals surface area contributed by atoms with Crippen molar-refractivity contribution in [1.82, 2.24) is 5.12 Å². The Labute approximate surface area is 40.4 Å². The summed E-state index contributed by atoms with van der Waals surface area (Å²) in [5.74, 6) is 5.00. The fourth-order valence-electron chi connectivity index (χ4n) is 0.326. The van der Waals surface area contributed by atoms with Crippen molar-refractivity contribution in [3.8, 4) is 0 Å². The molecule has 0 aromatic heterocycles. The highest BCUT2D eigenvalue weighted by Crippen LogP contribution is 1.98. The molecule has 1 rings (SSSR count). The van der Waals surface area contributed by atoms with Crippen LogP contribution < -0.4 is 5.84 Å². The second kappa shape index (κ2) is 1.43. The van der Waals surface area contributed by atoms with Gasteiger partial charge in [0.05, 0.1) is 0 Å². The minimum Gasteiger partial charge on any atom is -0.369 e. The first-order valence-corrected chi connectivity index (χ1v) is 1.90. The van der Waals surface area contributed by atoms with Crippen molar-refractivity contribution >= 4 is 0 Å². The highest BCUT2D eigenvalue weighted by atomic mass is 16.3. The summed E-state index contributed by atoms with van der Waals surface area (Å²) in [4.78, 5) is 0. The Kier molecular flexibility index (Phi) is 0.918. The van der Waals surface area contributed by atoms with Gasteiger partial charge < -0.3 is 5.11 Å². The van der Waals surface area contributed by atoms with E-state index in [1.807, 2.05) is 0 Å². The summed E-state index contributed by atoms with van der Waals surface area (Å²) in [6, 6.07) is 0. The molecule has 0 aromatic carbocycles. The van der Waals surface area contributed by atoms with Gasteiger partial charge in [-0.3, -0.25) is 0 Å². The van der Waals surface area contributed by atoms with Crippen LogP contribution in [0.4, 0.5) is 0 Å². The van der Waals surface area contributed by atoms with E-state index >= 15 is 0 Å². The van der Waals surface area contributed by atoms with E-state index in [9.17, 15) is 0 Å². The monoisotopic (exact) mass is 102 g/mol. The maximum absolute atomic E-state index is 8.61. The van der Waals surface area contributed by atoms with Crippen molar-refractivity contribution in [3.63, 3.8) is 0 Å². The van der Waals surface area contributed by atoms with Gasteiger partial charge in [0, 0.05) is 0 Å². The lowest BCUT2D eigenvalue weighted by molar-refractivity contribution is 0.0339. The van der Waals surface area contributed by atoms with Gasteiger partial charge in [-0.2, -0.15) is 10.2 Å².